The van der Waals surface area contributed by atoms with Crippen molar-refractivity contribution >= 4 is 5.69 Å². The summed E-state index contributed by atoms with van der Waals surface area (Å²) in [5, 5.41) is 3.41. The lowest BCUT2D eigenvalue weighted by Gasteiger charge is -2.12. The summed E-state index contributed by atoms with van der Waals surface area (Å²) in [6, 6.07) is 14.0. The number of terminal acetylenes is 1. The highest BCUT2D eigenvalue weighted by atomic mass is 16.5. The molecule has 0 aliphatic heterocycles. The topological polar surface area (TPSA) is 30.5 Å². The molecule has 2 aromatic carbocycles. The number of anilines is 1. The molecule has 0 atom stereocenters. The molecule has 0 fully saturated rings. The third-order valence-electron chi connectivity index (χ3n) is 3.17. The van der Waals surface area contributed by atoms with E-state index in [-0.39, 0.29) is 6.61 Å². The highest BCUT2D eigenvalue weighted by molar-refractivity contribution is 5.51. The van der Waals surface area contributed by atoms with Crippen LogP contribution in [0.5, 0.6) is 11.5 Å². The molecule has 0 saturated carbocycles. The predicted molar refractivity (Wildman–Crippen MR) is 85.8 cm³/mol. The Hall–Kier alpha value is -2.60. The third kappa shape index (κ3) is 3.93. The maximum absolute atomic E-state index is 5.43. The molecule has 0 bridgehead atoms. The number of aryl methyl sites for hydroxylation is 1. The van der Waals surface area contributed by atoms with Crippen LogP contribution in [0.1, 0.15) is 11.1 Å². The van der Waals surface area contributed by atoms with Crippen molar-refractivity contribution in [2.45, 2.75) is 13.5 Å². The van der Waals surface area contributed by atoms with Gasteiger partial charge in [0.15, 0.2) is 11.5 Å². The van der Waals surface area contributed by atoms with Crippen molar-refractivity contribution in [3.05, 3.63) is 53.6 Å². The van der Waals surface area contributed by atoms with Gasteiger partial charge in [-0.3, -0.25) is 0 Å². The summed E-state index contributed by atoms with van der Waals surface area (Å²) in [5.74, 6) is 3.80. The van der Waals surface area contributed by atoms with Gasteiger partial charge in [0.05, 0.1) is 7.11 Å². The first kappa shape index (κ1) is 14.8. The summed E-state index contributed by atoms with van der Waals surface area (Å²) in [7, 11) is 1.62. The minimum atomic E-state index is 0.233. The van der Waals surface area contributed by atoms with Gasteiger partial charge in [0.2, 0.25) is 0 Å². The van der Waals surface area contributed by atoms with Crippen LogP contribution < -0.4 is 14.8 Å². The predicted octanol–water partition coefficient (Wildman–Crippen LogP) is 3.63. The van der Waals surface area contributed by atoms with Crippen LogP contribution in [0.2, 0.25) is 0 Å². The van der Waals surface area contributed by atoms with E-state index < -0.39 is 0 Å². The fourth-order valence-corrected chi connectivity index (χ4v) is 2.03. The number of hydrogen-bond acceptors (Lipinski definition) is 3. The number of methoxy groups -OCH3 is 1. The molecule has 3 nitrogen and oxygen atoms in total. The summed E-state index contributed by atoms with van der Waals surface area (Å²) in [5.41, 5.74) is 3.46. The monoisotopic (exact) mass is 281 g/mol. The van der Waals surface area contributed by atoms with E-state index in [1.165, 1.54) is 5.56 Å². The van der Waals surface area contributed by atoms with Gasteiger partial charge in [0.1, 0.15) is 6.61 Å². The molecule has 0 aliphatic rings. The first-order chi connectivity index (χ1) is 10.2. The lowest BCUT2D eigenvalue weighted by Crippen LogP contribution is -2.02. The summed E-state index contributed by atoms with van der Waals surface area (Å²) >= 11 is 0. The van der Waals surface area contributed by atoms with Crippen molar-refractivity contribution in [1.29, 1.82) is 0 Å². The Kier molecular flexibility index (Phi) is 5.11. The Bertz CT molecular complexity index is 644. The van der Waals surface area contributed by atoms with Crippen LogP contribution in [-0.2, 0) is 6.54 Å². The number of ether oxygens (including phenoxy) is 2. The Morgan fingerprint density at radius 2 is 1.95 bits per heavy atom. The standard InChI is InChI=1S/C18H19NO2/c1-4-11-21-17-10-9-15(12-18(17)20-3)13-19-16-8-6-5-7-14(16)2/h1,5-10,12,19H,11,13H2,2-3H3. The van der Waals surface area contributed by atoms with Crippen molar-refractivity contribution in [2.24, 2.45) is 0 Å². The molecule has 0 amide bonds. The number of para-hydroxylation sites is 1. The van der Waals surface area contributed by atoms with Crippen LogP contribution in [0.25, 0.3) is 0 Å². The fraction of sp³-hybridized carbons (Fsp3) is 0.222. The second kappa shape index (κ2) is 7.25. The number of nitrogens with one attached hydrogen (secondary N) is 1. The molecule has 0 heterocycles. The molecule has 0 spiro atoms. The Balaban J connectivity index is 2.07. The molecule has 0 saturated heterocycles. The molecule has 2 aromatic rings. The van der Waals surface area contributed by atoms with Crippen LogP contribution in [0.3, 0.4) is 0 Å². The quantitative estimate of drug-likeness (QED) is 0.820. The summed E-state index contributed by atoms with van der Waals surface area (Å²) in [4.78, 5) is 0. The van der Waals surface area contributed by atoms with Gasteiger partial charge in [-0.15, -0.1) is 6.42 Å². The van der Waals surface area contributed by atoms with Crippen LogP contribution >= 0.6 is 0 Å². The number of hydrogen-bond donors (Lipinski definition) is 1. The normalized spacial score (nSPS) is 9.76. The van der Waals surface area contributed by atoms with Gasteiger partial charge in [-0.25, -0.2) is 0 Å². The Morgan fingerprint density at radius 3 is 2.67 bits per heavy atom. The zero-order valence-electron chi connectivity index (χ0n) is 12.3. The molecule has 0 aromatic heterocycles. The first-order valence-corrected chi connectivity index (χ1v) is 6.77. The minimum absolute atomic E-state index is 0.233. The van der Waals surface area contributed by atoms with Gasteiger partial charge in [-0.2, -0.15) is 0 Å². The molecule has 108 valence electrons. The smallest absolute Gasteiger partial charge is 0.162 e. The van der Waals surface area contributed by atoms with E-state index in [1.807, 2.05) is 30.3 Å². The van der Waals surface area contributed by atoms with Gasteiger partial charge in [0.25, 0.3) is 0 Å². The van der Waals surface area contributed by atoms with E-state index in [0.717, 1.165) is 17.8 Å². The van der Waals surface area contributed by atoms with Gasteiger partial charge in [0, 0.05) is 12.2 Å². The molecule has 2 rings (SSSR count). The van der Waals surface area contributed by atoms with E-state index in [1.54, 1.807) is 7.11 Å². The van der Waals surface area contributed by atoms with Gasteiger partial charge in [-0.1, -0.05) is 30.2 Å². The third-order valence-corrected chi connectivity index (χ3v) is 3.17. The van der Waals surface area contributed by atoms with Crippen molar-refractivity contribution in [1.82, 2.24) is 0 Å². The van der Waals surface area contributed by atoms with Crippen LogP contribution in [0, 0.1) is 19.3 Å². The van der Waals surface area contributed by atoms with E-state index in [4.69, 9.17) is 15.9 Å². The van der Waals surface area contributed by atoms with Crippen LogP contribution in [0.4, 0.5) is 5.69 Å². The van der Waals surface area contributed by atoms with Crippen LogP contribution in [0.15, 0.2) is 42.5 Å². The van der Waals surface area contributed by atoms with E-state index in [9.17, 15) is 0 Å². The van der Waals surface area contributed by atoms with Gasteiger partial charge in [-0.05, 0) is 36.2 Å². The average molecular weight is 281 g/mol. The van der Waals surface area contributed by atoms with Crippen molar-refractivity contribution < 1.29 is 9.47 Å². The largest absolute Gasteiger partial charge is 0.493 e. The lowest BCUT2D eigenvalue weighted by atomic mass is 10.1. The molecular weight excluding hydrogens is 262 g/mol. The Labute approximate surface area is 125 Å². The maximum Gasteiger partial charge on any atom is 0.162 e. The molecule has 21 heavy (non-hydrogen) atoms. The lowest BCUT2D eigenvalue weighted by molar-refractivity contribution is 0.330. The molecule has 1 N–H and O–H groups in total. The second-order valence-electron chi connectivity index (χ2n) is 4.65. The van der Waals surface area contributed by atoms with E-state index in [2.05, 4.69) is 30.3 Å². The van der Waals surface area contributed by atoms with Gasteiger partial charge >= 0.3 is 0 Å². The van der Waals surface area contributed by atoms with E-state index >= 15 is 0 Å². The number of rotatable bonds is 6. The zero-order chi connectivity index (χ0) is 15.1. The first-order valence-electron chi connectivity index (χ1n) is 6.77. The summed E-state index contributed by atoms with van der Waals surface area (Å²) < 4.78 is 10.8. The fourth-order valence-electron chi connectivity index (χ4n) is 2.03. The minimum Gasteiger partial charge on any atom is -0.493 e. The summed E-state index contributed by atoms with van der Waals surface area (Å²) in [6.07, 6.45) is 5.20. The van der Waals surface area contributed by atoms with Crippen LogP contribution in [-0.4, -0.2) is 13.7 Å². The molecule has 0 radical (unpaired) electrons. The van der Waals surface area contributed by atoms with Crippen molar-refractivity contribution in [2.75, 3.05) is 19.0 Å². The maximum atomic E-state index is 5.43. The zero-order valence-corrected chi connectivity index (χ0v) is 12.3. The average Bonchev–Trinajstić information content (AvgIpc) is 2.52. The molecular formula is C18H19NO2. The molecule has 0 unspecified atom stereocenters. The van der Waals surface area contributed by atoms with Crippen molar-refractivity contribution in [3.63, 3.8) is 0 Å². The molecule has 0 aliphatic carbocycles. The van der Waals surface area contributed by atoms with Gasteiger partial charge < -0.3 is 14.8 Å². The molecule has 3 heteroatoms. The van der Waals surface area contributed by atoms with Crippen molar-refractivity contribution in [3.8, 4) is 23.8 Å². The second-order valence-corrected chi connectivity index (χ2v) is 4.65. The number of benzene rings is 2. The highest BCUT2D eigenvalue weighted by Crippen LogP contribution is 2.28. The summed E-state index contributed by atoms with van der Waals surface area (Å²) in [6.45, 7) is 3.04. The SMILES string of the molecule is C#CCOc1ccc(CNc2ccccc2C)cc1OC. The Morgan fingerprint density at radius 1 is 1.14 bits per heavy atom. The van der Waals surface area contributed by atoms with E-state index in [0.29, 0.717) is 11.5 Å². The highest BCUT2D eigenvalue weighted by Gasteiger charge is 2.05.